The number of rotatable bonds is 4. The highest BCUT2D eigenvalue weighted by Gasteiger charge is 2.50. The molecule has 0 aliphatic carbocycles. The van der Waals surface area contributed by atoms with E-state index < -0.39 is 12.0 Å². The van der Waals surface area contributed by atoms with Crippen molar-refractivity contribution in [3.05, 3.63) is 52.7 Å². The second-order valence-corrected chi connectivity index (χ2v) is 10.4. The van der Waals surface area contributed by atoms with Crippen LogP contribution in [0.5, 0.6) is 23.0 Å². The zero-order chi connectivity index (χ0) is 26.1. The molecule has 1 aromatic heterocycles. The maximum absolute atomic E-state index is 13.4. The van der Waals surface area contributed by atoms with Gasteiger partial charge in [0, 0.05) is 27.8 Å². The highest BCUT2D eigenvalue weighted by atomic mass is 35.5. The predicted molar refractivity (Wildman–Crippen MR) is 138 cm³/mol. The fourth-order valence-corrected chi connectivity index (χ4v) is 5.32. The Bertz CT molecular complexity index is 1440. The predicted octanol–water partition coefficient (Wildman–Crippen LogP) is 4.81. The van der Waals surface area contributed by atoms with Crippen LogP contribution in [0.4, 0.5) is 16.3 Å². The number of aliphatic imine (C=N–C) groups is 1. The van der Waals surface area contributed by atoms with Crippen molar-refractivity contribution < 1.29 is 23.7 Å². The van der Waals surface area contributed by atoms with Crippen molar-refractivity contribution in [2.75, 3.05) is 25.9 Å². The van der Waals surface area contributed by atoms with Gasteiger partial charge in [-0.25, -0.2) is 14.5 Å². The van der Waals surface area contributed by atoms with Crippen LogP contribution in [0, 0.1) is 0 Å². The van der Waals surface area contributed by atoms with Gasteiger partial charge in [0.15, 0.2) is 17.3 Å². The van der Waals surface area contributed by atoms with Gasteiger partial charge in [-0.3, -0.25) is 10.2 Å². The summed E-state index contributed by atoms with van der Waals surface area (Å²) in [5.74, 6) is 2.71. The molecule has 11 heteroatoms. The Labute approximate surface area is 218 Å². The minimum absolute atomic E-state index is 0.0520. The van der Waals surface area contributed by atoms with Gasteiger partial charge in [0.2, 0.25) is 18.3 Å². The maximum atomic E-state index is 13.4. The maximum Gasteiger partial charge on any atom is 0.328 e. The highest BCUT2D eigenvalue weighted by molar-refractivity contribution is 6.30. The first-order valence-electron chi connectivity index (χ1n) is 11.8. The van der Waals surface area contributed by atoms with Gasteiger partial charge in [0.25, 0.3) is 0 Å². The standard InChI is InChI=1S/C26H26ClN5O5/c1-26(2,3)32-24-16(11-28-32)18(15-10-17(34-4)21-22(20(15)35-5)37-12-36-21)19-23(29-24)30-25(33)31(19)14-8-6-13(27)7-9-14/h6-11,18-19H,12H2,1-5H3,(H,29,30,33). The molecule has 3 aromatic rings. The third-order valence-corrected chi connectivity index (χ3v) is 7.00. The first-order chi connectivity index (χ1) is 17.7. The summed E-state index contributed by atoms with van der Waals surface area (Å²) >= 11 is 6.15. The number of hydrogen-bond acceptors (Lipinski definition) is 7. The average molecular weight is 524 g/mol. The number of halogens is 1. The molecule has 1 saturated heterocycles. The molecule has 3 aliphatic rings. The number of amidine groups is 1. The van der Waals surface area contributed by atoms with E-state index in [1.807, 2.05) is 29.1 Å². The Morgan fingerprint density at radius 1 is 1.08 bits per heavy atom. The number of carbonyl (C=O) groups is 1. The van der Waals surface area contributed by atoms with E-state index in [1.165, 1.54) is 0 Å². The zero-order valence-electron chi connectivity index (χ0n) is 21.0. The van der Waals surface area contributed by atoms with Gasteiger partial charge in [-0.05, 0) is 51.1 Å². The van der Waals surface area contributed by atoms with Gasteiger partial charge >= 0.3 is 6.03 Å². The van der Waals surface area contributed by atoms with Gasteiger partial charge in [-0.2, -0.15) is 5.10 Å². The Morgan fingerprint density at radius 3 is 2.49 bits per heavy atom. The summed E-state index contributed by atoms with van der Waals surface area (Å²) in [6.45, 7) is 6.22. The van der Waals surface area contributed by atoms with Gasteiger partial charge in [0.05, 0.1) is 26.0 Å². The lowest BCUT2D eigenvalue weighted by molar-refractivity contribution is 0.168. The quantitative estimate of drug-likeness (QED) is 0.527. The molecule has 10 nitrogen and oxygen atoms in total. The summed E-state index contributed by atoms with van der Waals surface area (Å²) in [6, 6.07) is 8.21. The van der Waals surface area contributed by atoms with Crippen molar-refractivity contribution in [1.82, 2.24) is 15.1 Å². The van der Waals surface area contributed by atoms with Gasteiger partial charge in [-0.15, -0.1) is 0 Å². The first kappa shape index (κ1) is 23.5. The van der Waals surface area contributed by atoms with E-state index in [-0.39, 0.29) is 18.4 Å². The Balaban J connectivity index is 1.62. The number of anilines is 1. The summed E-state index contributed by atoms with van der Waals surface area (Å²) < 4.78 is 24.9. The summed E-state index contributed by atoms with van der Waals surface area (Å²) in [7, 11) is 3.16. The van der Waals surface area contributed by atoms with E-state index in [9.17, 15) is 4.79 Å². The molecule has 37 heavy (non-hydrogen) atoms. The second kappa shape index (κ2) is 8.31. The van der Waals surface area contributed by atoms with E-state index in [1.54, 1.807) is 31.3 Å². The Hall–Kier alpha value is -3.92. The molecule has 0 spiro atoms. The molecule has 192 valence electrons. The second-order valence-electron chi connectivity index (χ2n) is 9.97. The van der Waals surface area contributed by atoms with Crippen molar-refractivity contribution >= 4 is 35.0 Å². The minimum atomic E-state index is -0.516. The van der Waals surface area contributed by atoms with Gasteiger partial charge < -0.3 is 18.9 Å². The molecular weight excluding hydrogens is 498 g/mol. The molecule has 2 atom stereocenters. The molecule has 0 bridgehead atoms. The van der Waals surface area contributed by atoms with E-state index >= 15 is 0 Å². The average Bonchev–Trinajstić information content (AvgIpc) is 3.58. The SMILES string of the molecule is COc1cc(C2c3cnn(C(C)(C)C)c3N=C3NC(=O)N(c4ccc(Cl)cc4)C32)c(OC)c2c1OCO2. The normalized spacial score (nSPS) is 19.8. The lowest BCUT2D eigenvalue weighted by Gasteiger charge is -2.34. The molecule has 0 saturated carbocycles. The molecule has 1 N–H and O–H groups in total. The lowest BCUT2D eigenvalue weighted by atomic mass is 9.82. The lowest BCUT2D eigenvalue weighted by Crippen LogP contribution is -2.42. The number of nitrogens with one attached hydrogen (secondary N) is 1. The summed E-state index contributed by atoms with van der Waals surface area (Å²) in [6.07, 6.45) is 1.81. The zero-order valence-corrected chi connectivity index (χ0v) is 21.8. The molecule has 4 heterocycles. The van der Waals surface area contributed by atoms with Crippen LogP contribution >= 0.6 is 11.6 Å². The highest BCUT2D eigenvalue weighted by Crippen LogP contribution is 2.55. The number of benzene rings is 2. The van der Waals surface area contributed by atoms with Crippen LogP contribution in [0.1, 0.15) is 37.8 Å². The Morgan fingerprint density at radius 2 is 1.81 bits per heavy atom. The summed E-state index contributed by atoms with van der Waals surface area (Å²) in [4.78, 5) is 20.0. The minimum Gasteiger partial charge on any atom is -0.493 e. The molecule has 2 amide bonds. The van der Waals surface area contributed by atoms with Crippen molar-refractivity contribution in [3.63, 3.8) is 0 Å². The topological polar surface area (TPSA) is 99.4 Å². The van der Waals surface area contributed by atoms with Crippen LogP contribution in [0.3, 0.4) is 0 Å². The van der Waals surface area contributed by atoms with Crippen molar-refractivity contribution in [2.24, 2.45) is 4.99 Å². The van der Waals surface area contributed by atoms with Gasteiger partial charge in [-0.1, -0.05) is 11.6 Å². The monoisotopic (exact) mass is 523 g/mol. The molecular formula is C26H26ClN5O5. The molecule has 2 unspecified atom stereocenters. The third-order valence-electron chi connectivity index (χ3n) is 6.75. The molecule has 0 radical (unpaired) electrons. The molecule has 6 rings (SSSR count). The molecule has 2 aromatic carbocycles. The smallest absolute Gasteiger partial charge is 0.328 e. The van der Waals surface area contributed by atoms with Gasteiger partial charge in [0.1, 0.15) is 11.9 Å². The van der Waals surface area contributed by atoms with Crippen molar-refractivity contribution in [2.45, 2.75) is 38.3 Å². The van der Waals surface area contributed by atoms with Crippen LogP contribution in [-0.2, 0) is 5.54 Å². The van der Waals surface area contributed by atoms with Crippen LogP contribution in [0.25, 0.3) is 0 Å². The van der Waals surface area contributed by atoms with Crippen molar-refractivity contribution in [3.8, 4) is 23.0 Å². The number of methoxy groups -OCH3 is 2. The number of nitrogens with zero attached hydrogens (tertiary/aromatic N) is 4. The van der Waals surface area contributed by atoms with Crippen LogP contribution in [-0.4, -0.2) is 48.7 Å². The van der Waals surface area contributed by atoms with Crippen LogP contribution < -0.4 is 29.2 Å². The number of carbonyl (C=O) groups excluding carboxylic acids is 1. The molecule has 1 fully saturated rings. The van der Waals surface area contributed by atoms with E-state index in [0.717, 1.165) is 11.1 Å². The number of ether oxygens (including phenoxy) is 4. The summed E-state index contributed by atoms with van der Waals surface area (Å²) in [5, 5.41) is 8.26. The fourth-order valence-electron chi connectivity index (χ4n) is 5.20. The number of fused-ring (bicyclic) bond motifs is 3. The van der Waals surface area contributed by atoms with E-state index in [0.29, 0.717) is 45.4 Å². The van der Waals surface area contributed by atoms with Crippen LogP contribution in [0.2, 0.25) is 5.02 Å². The first-order valence-corrected chi connectivity index (χ1v) is 12.2. The van der Waals surface area contributed by atoms with E-state index in [4.69, 9.17) is 40.6 Å². The number of urea groups is 1. The summed E-state index contributed by atoms with van der Waals surface area (Å²) in [5.41, 5.74) is 1.94. The number of amides is 2. The largest absolute Gasteiger partial charge is 0.493 e. The van der Waals surface area contributed by atoms with Crippen molar-refractivity contribution in [1.29, 1.82) is 0 Å². The molecule has 3 aliphatic heterocycles. The van der Waals surface area contributed by atoms with E-state index in [2.05, 4.69) is 26.1 Å². The number of hydrogen-bond donors (Lipinski definition) is 1. The fraction of sp³-hybridized carbons (Fsp3) is 0.346. The number of aromatic nitrogens is 2. The third kappa shape index (κ3) is 3.50. The Kier molecular flexibility index (Phi) is 5.27. The van der Waals surface area contributed by atoms with Crippen LogP contribution in [0.15, 0.2) is 41.5 Å².